The highest BCUT2D eigenvalue weighted by molar-refractivity contribution is 6.30. The fourth-order valence-electron chi connectivity index (χ4n) is 2.82. The molecule has 2 rings (SSSR count). The van der Waals surface area contributed by atoms with Crippen molar-refractivity contribution in [3.8, 4) is 5.75 Å². The second kappa shape index (κ2) is 5.70. The molecule has 19 heavy (non-hydrogen) atoms. The van der Waals surface area contributed by atoms with Crippen molar-refractivity contribution in [3.63, 3.8) is 0 Å². The lowest BCUT2D eigenvalue weighted by molar-refractivity contribution is 0.0371. The molecule has 1 saturated heterocycles. The Labute approximate surface area is 120 Å². The molecule has 1 aromatic carbocycles. The quantitative estimate of drug-likeness (QED) is 0.903. The Morgan fingerprint density at radius 1 is 1.26 bits per heavy atom. The molecular weight excluding hydrogens is 260 g/mol. The van der Waals surface area contributed by atoms with E-state index in [4.69, 9.17) is 11.6 Å². The van der Waals surface area contributed by atoms with E-state index in [-0.39, 0.29) is 6.04 Å². The zero-order valence-corrected chi connectivity index (χ0v) is 12.9. The maximum absolute atomic E-state index is 10.0. The van der Waals surface area contributed by atoms with Crippen LogP contribution < -0.4 is 0 Å². The number of hydrogen-bond acceptors (Lipinski definition) is 3. The maximum atomic E-state index is 10.0. The molecule has 0 aromatic heterocycles. The van der Waals surface area contributed by atoms with Gasteiger partial charge in [-0.1, -0.05) is 11.6 Å². The average Bonchev–Trinajstić information content (AvgIpc) is 2.37. The number of rotatable bonds is 2. The third-order valence-electron chi connectivity index (χ3n) is 4.38. The SMILES string of the molecule is CC(c1cc(Cl)ccc1O)N1CC(C)N(C)C(C)C1. The Morgan fingerprint density at radius 2 is 1.84 bits per heavy atom. The number of benzene rings is 1. The van der Waals surface area contributed by atoms with Crippen molar-refractivity contribution in [3.05, 3.63) is 28.8 Å². The van der Waals surface area contributed by atoms with Crippen LogP contribution in [0.15, 0.2) is 18.2 Å². The largest absolute Gasteiger partial charge is 0.508 e. The van der Waals surface area contributed by atoms with Gasteiger partial charge in [0.2, 0.25) is 0 Å². The van der Waals surface area contributed by atoms with Crippen molar-refractivity contribution >= 4 is 11.6 Å². The van der Waals surface area contributed by atoms with E-state index < -0.39 is 0 Å². The van der Waals surface area contributed by atoms with E-state index >= 15 is 0 Å². The first kappa shape index (κ1) is 14.6. The van der Waals surface area contributed by atoms with Gasteiger partial charge in [-0.2, -0.15) is 0 Å². The number of nitrogens with zero attached hydrogens (tertiary/aromatic N) is 2. The van der Waals surface area contributed by atoms with Gasteiger partial charge in [0.05, 0.1) is 0 Å². The van der Waals surface area contributed by atoms with Gasteiger partial charge in [-0.15, -0.1) is 0 Å². The molecule has 106 valence electrons. The van der Waals surface area contributed by atoms with Crippen LogP contribution in [-0.4, -0.2) is 47.1 Å². The summed E-state index contributed by atoms with van der Waals surface area (Å²) >= 11 is 6.04. The van der Waals surface area contributed by atoms with E-state index in [0.29, 0.717) is 22.9 Å². The Kier molecular flexibility index (Phi) is 4.39. The highest BCUT2D eigenvalue weighted by Crippen LogP contribution is 2.32. The van der Waals surface area contributed by atoms with Crippen LogP contribution in [0.25, 0.3) is 0 Å². The van der Waals surface area contributed by atoms with Crippen LogP contribution in [0.4, 0.5) is 0 Å². The van der Waals surface area contributed by atoms with E-state index in [2.05, 4.69) is 37.6 Å². The van der Waals surface area contributed by atoms with Crippen LogP contribution in [0.2, 0.25) is 5.02 Å². The minimum Gasteiger partial charge on any atom is -0.508 e. The summed E-state index contributed by atoms with van der Waals surface area (Å²) in [5.41, 5.74) is 0.913. The Balaban J connectivity index is 2.19. The zero-order valence-electron chi connectivity index (χ0n) is 12.1. The Morgan fingerprint density at radius 3 is 2.42 bits per heavy atom. The standard InChI is InChI=1S/C15H23ClN2O/c1-10-8-18(9-11(2)17(10)4)12(3)14-7-13(16)5-6-15(14)19/h5-7,10-12,19H,8-9H2,1-4H3. The molecule has 3 atom stereocenters. The van der Waals surface area contributed by atoms with Gasteiger partial charge in [0.1, 0.15) is 5.75 Å². The summed E-state index contributed by atoms with van der Waals surface area (Å²) < 4.78 is 0. The molecule has 0 spiro atoms. The summed E-state index contributed by atoms with van der Waals surface area (Å²) in [4.78, 5) is 4.82. The van der Waals surface area contributed by atoms with Crippen LogP contribution in [0.5, 0.6) is 5.75 Å². The first-order chi connectivity index (χ1) is 8.90. The third-order valence-corrected chi connectivity index (χ3v) is 4.61. The van der Waals surface area contributed by atoms with E-state index in [0.717, 1.165) is 18.7 Å². The monoisotopic (exact) mass is 282 g/mol. The fraction of sp³-hybridized carbons (Fsp3) is 0.600. The summed E-state index contributed by atoms with van der Waals surface area (Å²) in [7, 11) is 2.17. The van der Waals surface area contributed by atoms with Crippen molar-refractivity contribution in [2.24, 2.45) is 0 Å². The number of hydrogen-bond donors (Lipinski definition) is 1. The minimum absolute atomic E-state index is 0.178. The van der Waals surface area contributed by atoms with E-state index in [1.54, 1.807) is 12.1 Å². The van der Waals surface area contributed by atoms with E-state index in [1.165, 1.54) is 0 Å². The Hall–Kier alpha value is -0.770. The van der Waals surface area contributed by atoms with Crippen LogP contribution in [-0.2, 0) is 0 Å². The highest BCUT2D eigenvalue weighted by Gasteiger charge is 2.30. The second-order valence-corrected chi connectivity index (χ2v) is 6.13. The molecule has 1 heterocycles. The summed E-state index contributed by atoms with van der Waals surface area (Å²) in [5, 5.41) is 10.7. The molecule has 4 heteroatoms. The molecule has 1 N–H and O–H groups in total. The van der Waals surface area contributed by atoms with Gasteiger partial charge < -0.3 is 5.11 Å². The molecule has 1 aromatic rings. The van der Waals surface area contributed by atoms with E-state index in [9.17, 15) is 5.11 Å². The molecule has 0 saturated carbocycles. The average molecular weight is 283 g/mol. The van der Waals surface area contributed by atoms with Crippen molar-refractivity contribution in [1.29, 1.82) is 0 Å². The minimum atomic E-state index is 0.178. The predicted molar refractivity (Wildman–Crippen MR) is 79.8 cm³/mol. The number of phenolic OH excluding ortho intramolecular Hbond substituents is 1. The first-order valence-corrected chi connectivity index (χ1v) is 7.22. The normalized spacial score (nSPS) is 27.4. The van der Waals surface area contributed by atoms with Gasteiger partial charge in [-0.3, -0.25) is 9.80 Å². The first-order valence-electron chi connectivity index (χ1n) is 6.84. The lowest BCUT2D eigenvalue weighted by Gasteiger charge is -2.45. The van der Waals surface area contributed by atoms with Gasteiger partial charge in [0.15, 0.2) is 0 Å². The maximum Gasteiger partial charge on any atom is 0.120 e. The van der Waals surface area contributed by atoms with Gasteiger partial charge in [-0.05, 0) is 46.0 Å². The number of piperazine rings is 1. The fourth-order valence-corrected chi connectivity index (χ4v) is 3.00. The number of likely N-dealkylation sites (N-methyl/N-ethyl adjacent to an activating group) is 1. The molecule has 1 aliphatic rings. The summed E-state index contributed by atoms with van der Waals surface area (Å²) in [6.07, 6.45) is 0. The lowest BCUT2D eigenvalue weighted by Crippen LogP contribution is -2.55. The van der Waals surface area contributed by atoms with Gasteiger partial charge in [0, 0.05) is 41.8 Å². The molecule has 0 bridgehead atoms. The number of aromatic hydroxyl groups is 1. The summed E-state index contributed by atoms with van der Waals surface area (Å²) in [5.74, 6) is 0.330. The molecule has 3 unspecified atom stereocenters. The summed E-state index contributed by atoms with van der Waals surface area (Å²) in [6, 6.07) is 6.49. The van der Waals surface area contributed by atoms with Crippen molar-refractivity contribution in [2.45, 2.75) is 38.9 Å². The van der Waals surface area contributed by atoms with Crippen LogP contribution in [0, 0.1) is 0 Å². The third kappa shape index (κ3) is 3.04. The topological polar surface area (TPSA) is 26.7 Å². The van der Waals surface area contributed by atoms with Gasteiger partial charge in [-0.25, -0.2) is 0 Å². The Bertz CT molecular complexity index is 440. The molecular formula is C15H23ClN2O. The van der Waals surface area contributed by atoms with Gasteiger partial charge >= 0.3 is 0 Å². The van der Waals surface area contributed by atoms with Crippen LogP contribution in [0.1, 0.15) is 32.4 Å². The number of phenols is 1. The highest BCUT2D eigenvalue weighted by atomic mass is 35.5. The lowest BCUT2D eigenvalue weighted by atomic mass is 10.0. The van der Waals surface area contributed by atoms with Crippen molar-refractivity contribution in [1.82, 2.24) is 9.80 Å². The van der Waals surface area contributed by atoms with E-state index in [1.807, 2.05) is 6.07 Å². The summed E-state index contributed by atoms with van der Waals surface area (Å²) in [6.45, 7) is 8.64. The molecule has 0 aliphatic carbocycles. The molecule has 0 radical (unpaired) electrons. The molecule has 1 fully saturated rings. The molecule has 1 aliphatic heterocycles. The van der Waals surface area contributed by atoms with Crippen molar-refractivity contribution in [2.75, 3.05) is 20.1 Å². The smallest absolute Gasteiger partial charge is 0.120 e. The predicted octanol–water partition coefficient (Wildman–Crippen LogP) is 3.13. The molecule has 3 nitrogen and oxygen atoms in total. The second-order valence-electron chi connectivity index (χ2n) is 5.70. The van der Waals surface area contributed by atoms with Gasteiger partial charge in [0.25, 0.3) is 0 Å². The molecule has 0 amide bonds. The number of halogens is 1. The van der Waals surface area contributed by atoms with Crippen LogP contribution in [0.3, 0.4) is 0 Å². The van der Waals surface area contributed by atoms with Crippen molar-refractivity contribution < 1.29 is 5.11 Å². The van der Waals surface area contributed by atoms with Crippen LogP contribution >= 0.6 is 11.6 Å². The zero-order chi connectivity index (χ0) is 14.2.